The summed E-state index contributed by atoms with van der Waals surface area (Å²) in [5, 5.41) is 18.7. The predicted octanol–water partition coefficient (Wildman–Crippen LogP) is 4.38. The summed E-state index contributed by atoms with van der Waals surface area (Å²) in [6, 6.07) is 14.0. The normalized spacial score (nSPS) is 30.5. The molecule has 0 aromatic heterocycles. The zero-order valence-corrected chi connectivity index (χ0v) is 14.3. The van der Waals surface area contributed by atoms with Crippen molar-refractivity contribution in [3.8, 4) is 12.1 Å². The van der Waals surface area contributed by atoms with Gasteiger partial charge in [0, 0.05) is 12.3 Å². The first-order valence-corrected chi connectivity index (χ1v) is 8.91. The summed E-state index contributed by atoms with van der Waals surface area (Å²) >= 11 is 0. The molecule has 1 aromatic rings. The third kappa shape index (κ3) is 2.72. The van der Waals surface area contributed by atoms with Gasteiger partial charge in [0.2, 0.25) is 0 Å². The number of nitriles is 2. The summed E-state index contributed by atoms with van der Waals surface area (Å²) in [5.74, 6) is 0.944. The molecule has 5 rings (SSSR count). The SMILES string of the molecule is N#CC(C#N)=C1C=C[C@H]2C=C[C@@H]1[C@@H]1C/C(=C\c3ccccc3)C(=O)C[C@H]21. The molecule has 0 N–H and O–H groups in total. The Hall–Kier alpha value is -3.17. The van der Waals surface area contributed by atoms with E-state index >= 15 is 0 Å². The highest BCUT2D eigenvalue weighted by atomic mass is 16.1. The maximum atomic E-state index is 12.7. The van der Waals surface area contributed by atoms with Crippen LogP contribution in [-0.4, -0.2) is 5.78 Å². The van der Waals surface area contributed by atoms with Crippen LogP contribution in [0.1, 0.15) is 18.4 Å². The molecule has 1 saturated carbocycles. The smallest absolute Gasteiger partial charge is 0.159 e. The Kier molecular flexibility index (Phi) is 4.15. The van der Waals surface area contributed by atoms with Crippen molar-refractivity contribution in [3.05, 3.63) is 76.9 Å². The fraction of sp³-hybridized carbons (Fsp3) is 0.261. The molecular formula is C23H18N2O. The third-order valence-electron chi connectivity index (χ3n) is 5.79. The molecule has 4 aliphatic rings. The number of ketones is 1. The van der Waals surface area contributed by atoms with Crippen LogP contribution in [0.15, 0.2) is 71.4 Å². The number of hydrogen-bond donors (Lipinski definition) is 0. The van der Waals surface area contributed by atoms with Crippen LogP contribution in [0.25, 0.3) is 6.08 Å². The lowest BCUT2D eigenvalue weighted by molar-refractivity contribution is -0.118. The number of carbonyl (C=O) groups is 1. The minimum atomic E-state index is 0.0246. The Morgan fingerprint density at radius 1 is 1.00 bits per heavy atom. The molecule has 1 aromatic carbocycles. The van der Waals surface area contributed by atoms with E-state index < -0.39 is 0 Å². The molecule has 4 atom stereocenters. The first-order chi connectivity index (χ1) is 12.7. The average Bonchev–Trinajstić information content (AvgIpc) is 2.95. The second-order valence-electron chi connectivity index (χ2n) is 7.14. The van der Waals surface area contributed by atoms with Crippen molar-refractivity contribution in [2.75, 3.05) is 0 Å². The lowest BCUT2D eigenvalue weighted by Crippen LogP contribution is -2.36. The summed E-state index contributed by atoms with van der Waals surface area (Å²) in [7, 11) is 0. The number of hydrogen-bond acceptors (Lipinski definition) is 3. The van der Waals surface area contributed by atoms with Crippen molar-refractivity contribution in [2.45, 2.75) is 12.8 Å². The molecule has 4 aliphatic carbocycles. The number of carbonyl (C=O) groups excluding carboxylic acids is 1. The summed E-state index contributed by atoms with van der Waals surface area (Å²) < 4.78 is 0. The molecule has 1 fully saturated rings. The molecule has 126 valence electrons. The van der Waals surface area contributed by atoms with Crippen LogP contribution in [-0.2, 0) is 4.79 Å². The highest BCUT2D eigenvalue weighted by Crippen LogP contribution is 2.50. The fourth-order valence-electron chi connectivity index (χ4n) is 4.52. The van der Waals surface area contributed by atoms with Crippen LogP contribution in [0, 0.1) is 46.3 Å². The third-order valence-corrected chi connectivity index (χ3v) is 5.79. The predicted molar refractivity (Wildman–Crippen MR) is 99.2 cm³/mol. The zero-order chi connectivity index (χ0) is 18.1. The van der Waals surface area contributed by atoms with E-state index in [0.29, 0.717) is 12.8 Å². The van der Waals surface area contributed by atoms with E-state index in [9.17, 15) is 15.3 Å². The molecule has 3 heteroatoms. The fourth-order valence-corrected chi connectivity index (χ4v) is 4.52. The second-order valence-corrected chi connectivity index (χ2v) is 7.14. The van der Waals surface area contributed by atoms with Gasteiger partial charge in [-0.2, -0.15) is 10.5 Å². The van der Waals surface area contributed by atoms with Crippen molar-refractivity contribution in [1.29, 1.82) is 10.5 Å². The molecule has 0 aliphatic heterocycles. The van der Waals surface area contributed by atoms with Gasteiger partial charge in [-0.3, -0.25) is 4.79 Å². The summed E-state index contributed by atoms with van der Waals surface area (Å²) in [4.78, 5) is 12.7. The Morgan fingerprint density at radius 3 is 2.50 bits per heavy atom. The number of Topliss-reactive ketones (excluding diaryl/α,β-unsaturated/α-hetero) is 1. The standard InChI is InChI=1S/C23H18N2O/c24-13-18(14-25)19-8-6-16-7-9-20(19)22-11-17(23(26)12-21(16)22)10-15-4-2-1-3-5-15/h1-10,16,20-22H,11-12H2/b17-10+/t16-,20-,21+,22-/m0/s1. The van der Waals surface area contributed by atoms with Gasteiger partial charge in [-0.15, -0.1) is 0 Å². The van der Waals surface area contributed by atoms with E-state index in [-0.39, 0.29) is 35.0 Å². The monoisotopic (exact) mass is 338 g/mol. The van der Waals surface area contributed by atoms with E-state index in [4.69, 9.17) is 0 Å². The Morgan fingerprint density at radius 2 is 1.77 bits per heavy atom. The second kappa shape index (κ2) is 6.62. The molecule has 0 spiro atoms. The minimum Gasteiger partial charge on any atom is -0.295 e. The maximum Gasteiger partial charge on any atom is 0.159 e. The van der Waals surface area contributed by atoms with Gasteiger partial charge in [-0.25, -0.2) is 0 Å². The largest absolute Gasteiger partial charge is 0.295 e. The van der Waals surface area contributed by atoms with Gasteiger partial charge in [0.15, 0.2) is 5.78 Å². The Bertz CT molecular complexity index is 934. The first kappa shape index (κ1) is 16.3. The lowest BCUT2D eigenvalue weighted by Gasteiger charge is -2.41. The van der Waals surface area contributed by atoms with Gasteiger partial charge in [0.1, 0.15) is 17.7 Å². The van der Waals surface area contributed by atoms with Crippen LogP contribution >= 0.6 is 0 Å². The van der Waals surface area contributed by atoms with Crippen molar-refractivity contribution in [3.63, 3.8) is 0 Å². The van der Waals surface area contributed by atoms with Crippen LogP contribution in [0.5, 0.6) is 0 Å². The van der Waals surface area contributed by atoms with Crippen LogP contribution < -0.4 is 0 Å². The molecule has 0 radical (unpaired) electrons. The van der Waals surface area contributed by atoms with E-state index in [1.54, 1.807) is 0 Å². The zero-order valence-electron chi connectivity index (χ0n) is 14.3. The molecule has 0 unspecified atom stereocenters. The van der Waals surface area contributed by atoms with Gasteiger partial charge in [0.05, 0.1) is 0 Å². The van der Waals surface area contributed by atoms with Crippen molar-refractivity contribution < 1.29 is 4.79 Å². The highest BCUT2D eigenvalue weighted by molar-refractivity contribution is 6.00. The maximum absolute atomic E-state index is 12.7. The number of nitrogens with zero attached hydrogens (tertiary/aromatic N) is 2. The Balaban J connectivity index is 1.74. The topological polar surface area (TPSA) is 64.7 Å². The van der Waals surface area contributed by atoms with Gasteiger partial charge in [-0.1, -0.05) is 54.6 Å². The van der Waals surface area contributed by atoms with Gasteiger partial charge < -0.3 is 0 Å². The van der Waals surface area contributed by atoms with E-state index in [2.05, 4.69) is 18.2 Å². The number of allylic oxidation sites excluding steroid dienone is 7. The molecular weight excluding hydrogens is 320 g/mol. The average molecular weight is 338 g/mol. The van der Waals surface area contributed by atoms with Crippen LogP contribution in [0.3, 0.4) is 0 Å². The van der Waals surface area contributed by atoms with Gasteiger partial charge in [0.25, 0.3) is 0 Å². The minimum absolute atomic E-state index is 0.0246. The van der Waals surface area contributed by atoms with Crippen molar-refractivity contribution in [2.24, 2.45) is 23.7 Å². The summed E-state index contributed by atoms with van der Waals surface area (Å²) in [6.45, 7) is 0. The highest BCUT2D eigenvalue weighted by Gasteiger charge is 2.44. The number of rotatable bonds is 1. The summed E-state index contributed by atoms with van der Waals surface area (Å²) in [6.07, 6.45) is 11.5. The summed E-state index contributed by atoms with van der Waals surface area (Å²) in [5.41, 5.74) is 2.87. The molecule has 2 bridgehead atoms. The quantitative estimate of drug-likeness (QED) is 0.433. The number of fused-ring (bicyclic) bond motifs is 1. The molecule has 26 heavy (non-hydrogen) atoms. The van der Waals surface area contributed by atoms with Gasteiger partial charge >= 0.3 is 0 Å². The van der Waals surface area contributed by atoms with E-state index in [1.165, 1.54) is 0 Å². The van der Waals surface area contributed by atoms with Gasteiger partial charge in [-0.05, 0) is 47.0 Å². The Labute approximate surface area is 153 Å². The van der Waals surface area contributed by atoms with Crippen molar-refractivity contribution >= 4 is 11.9 Å². The molecule has 0 amide bonds. The molecule has 0 saturated heterocycles. The molecule has 0 heterocycles. The van der Waals surface area contributed by atoms with E-state index in [0.717, 1.165) is 16.7 Å². The van der Waals surface area contributed by atoms with Crippen LogP contribution in [0.4, 0.5) is 0 Å². The first-order valence-electron chi connectivity index (χ1n) is 8.91. The number of benzene rings is 1. The van der Waals surface area contributed by atoms with Crippen molar-refractivity contribution in [1.82, 2.24) is 0 Å². The lowest BCUT2D eigenvalue weighted by atomic mass is 9.62. The van der Waals surface area contributed by atoms with Crippen LogP contribution in [0.2, 0.25) is 0 Å². The molecule has 3 nitrogen and oxygen atoms in total. The van der Waals surface area contributed by atoms with E-state index in [1.807, 2.05) is 54.6 Å².